The van der Waals surface area contributed by atoms with Gasteiger partial charge in [-0.3, -0.25) is 4.99 Å². The Kier molecular flexibility index (Phi) is 5.10. The van der Waals surface area contributed by atoms with Crippen molar-refractivity contribution in [2.45, 2.75) is 19.8 Å². The molecule has 2 heterocycles. The van der Waals surface area contributed by atoms with Gasteiger partial charge in [-0.25, -0.2) is 0 Å². The fourth-order valence-electron chi connectivity index (χ4n) is 2.60. The number of para-hydroxylation sites is 1. The Hall–Kier alpha value is -2.83. The van der Waals surface area contributed by atoms with Crippen molar-refractivity contribution in [2.75, 3.05) is 20.1 Å². The number of hydrogen-bond donors (Lipinski definition) is 3. The minimum absolute atomic E-state index is 0.634. The minimum atomic E-state index is 0.634. The molecule has 0 saturated heterocycles. The van der Waals surface area contributed by atoms with Gasteiger partial charge in [0, 0.05) is 43.7 Å². The van der Waals surface area contributed by atoms with Crippen LogP contribution < -0.4 is 10.6 Å². The number of nitrogens with one attached hydrogen (secondary N) is 3. The number of hydrogen-bond acceptors (Lipinski definition) is 4. The van der Waals surface area contributed by atoms with Gasteiger partial charge in [-0.1, -0.05) is 23.4 Å². The Bertz CT molecular complexity index is 819. The predicted octanol–water partition coefficient (Wildman–Crippen LogP) is 1.81. The van der Waals surface area contributed by atoms with Crippen LogP contribution in [0.2, 0.25) is 0 Å². The summed E-state index contributed by atoms with van der Waals surface area (Å²) in [7, 11) is 1.76. The topological polar surface area (TPSA) is 91.1 Å². The van der Waals surface area contributed by atoms with Crippen molar-refractivity contribution in [2.24, 2.45) is 4.99 Å². The molecule has 0 aliphatic carbocycles. The van der Waals surface area contributed by atoms with Crippen molar-refractivity contribution in [3.8, 4) is 0 Å². The van der Waals surface area contributed by atoms with Gasteiger partial charge in [0.05, 0.1) is 0 Å². The Labute approximate surface area is 140 Å². The largest absolute Gasteiger partial charge is 0.361 e. The van der Waals surface area contributed by atoms with Gasteiger partial charge in [-0.2, -0.15) is 4.98 Å². The average molecular weight is 326 g/mol. The van der Waals surface area contributed by atoms with Crippen molar-refractivity contribution in [1.82, 2.24) is 25.8 Å². The van der Waals surface area contributed by atoms with Crippen molar-refractivity contribution in [3.05, 3.63) is 47.7 Å². The monoisotopic (exact) mass is 326 g/mol. The Morgan fingerprint density at radius 1 is 1.21 bits per heavy atom. The second-order valence-corrected chi connectivity index (χ2v) is 5.52. The number of aliphatic imine (C=N–C) groups is 1. The third-order valence-corrected chi connectivity index (χ3v) is 3.79. The van der Waals surface area contributed by atoms with Crippen molar-refractivity contribution >= 4 is 16.9 Å². The predicted molar refractivity (Wildman–Crippen MR) is 94.1 cm³/mol. The molecule has 0 unspecified atom stereocenters. The van der Waals surface area contributed by atoms with Crippen LogP contribution in [0.25, 0.3) is 10.9 Å². The molecule has 0 spiro atoms. The third-order valence-electron chi connectivity index (χ3n) is 3.79. The van der Waals surface area contributed by atoms with Gasteiger partial charge >= 0.3 is 0 Å². The maximum absolute atomic E-state index is 5.09. The van der Waals surface area contributed by atoms with E-state index in [9.17, 15) is 0 Å². The lowest BCUT2D eigenvalue weighted by molar-refractivity contribution is 0.374. The molecule has 2 aromatic heterocycles. The molecule has 0 amide bonds. The molecule has 0 atom stereocenters. The molecule has 7 heteroatoms. The molecule has 3 N–H and O–H groups in total. The summed E-state index contributed by atoms with van der Waals surface area (Å²) in [6.45, 7) is 3.31. The highest BCUT2D eigenvalue weighted by atomic mass is 16.5. The van der Waals surface area contributed by atoms with E-state index in [0.717, 1.165) is 18.9 Å². The zero-order valence-electron chi connectivity index (χ0n) is 14.0. The van der Waals surface area contributed by atoms with Gasteiger partial charge < -0.3 is 20.1 Å². The molecular weight excluding hydrogens is 304 g/mol. The highest BCUT2D eigenvalue weighted by Gasteiger charge is 2.05. The van der Waals surface area contributed by atoms with E-state index in [2.05, 4.69) is 55.1 Å². The van der Waals surface area contributed by atoms with Gasteiger partial charge in [0.2, 0.25) is 5.89 Å². The van der Waals surface area contributed by atoms with Crippen LogP contribution in [-0.2, 0) is 12.8 Å². The number of aryl methyl sites for hydroxylation is 1. The maximum atomic E-state index is 5.09. The number of nitrogens with zero attached hydrogens (tertiary/aromatic N) is 3. The Morgan fingerprint density at radius 3 is 2.75 bits per heavy atom. The normalized spacial score (nSPS) is 11.8. The zero-order chi connectivity index (χ0) is 16.8. The first kappa shape index (κ1) is 16.0. The van der Waals surface area contributed by atoms with Gasteiger partial charge in [0.25, 0.3) is 0 Å². The summed E-state index contributed by atoms with van der Waals surface area (Å²) < 4.78 is 5.09. The first-order valence-electron chi connectivity index (χ1n) is 8.05. The number of H-pyrrole nitrogens is 1. The lowest BCUT2D eigenvalue weighted by atomic mass is 10.1. The van der Waals surface area contributed by atoms with Crippen molar-refractivity contribution in [3.63, 3.8) is 0 Å². The summed E-state index contributed by atoms with van der Waals surface area (Å²) in [4.78, 5) is 11.7. The molecule has 1 aromatic carbocycles. The van der Waals surface area contributed by atoms with E-state index < -0.39 is 0 Å². The second kappa shape index (κ2) is 7.63. The lowest BCUT2D eigenvalue weighted by Gasteiger charge is -2.10. The van der Waals surface area contributed by atoms with Crippen LogP contribution in [0.1, 0.15) is 17.3 Å². The number of fused-ring (bicyclic) bond motifs is 1. The van der Waals surface area contributed by atoms with Crippen molar-refractivity contribution < 1.29 is 4.52 Å². The highest BCUT2D eigenvalue weighted by molar-refractivity contribution is 5.83. The first-order valence-corrected chi connectivity index (χ1v) is 8.05. The van der Waals surface area contributed by atoms with Crippen LogP contribution in [0.5, 0.6) is 0 Å². The summed E-state index contributed by atoms with van der Waals surface area (Å²) in [5, 5.41) is 11.6. The molecular formula is C17H22N6O. The van der Waals surface area contributed by atoms with E-state index in [1.165, 1.54) is 16.5 Å². The summed E-state index contributed by atoms with van der Waals surface area (Å²) >= 11 is 0. The van der Waals surface area contributed by atoms with Crippen LogP contribution in [-0.4, -0.2) is 41.2 Å². The molecule has 0 aliphatic heterocycles. The fraction of sp³-hybridized carbons (Fsp3) is 0.353. The standard InChI is InChI=1S/C17H22N6O/c1-12-22-16(24-23-12)8-10-20-17(18-2)19-9-7-13-11-21-15-6-4-3-5-14(13)15/h3-6,11,21H,7-10H2,1-2H3,(H2,18,19,20). The van der Waals surface area contributed by atoms with E-state index in [1.807, 2.05) is 13.0 Å². The first-order chi connectivity index (χ1) is 11.8. The number of guanidine groups is 1. The van der Waals surface area contributed by atoms with Crippen LogP contribution in [0.4, 0.5) is 0 Å². The zero-order valence-corrected chi connectivity index (χ0v) is 14.0. The van der Waals surface area contributed by atoms with E-state index in [0.29, 0.717) is 24.7 Å². The van der Waals surface area contributed by atoms with Gasteiger partial charge in [0.15, 0.2) is 11.8 Å². The van der Waals surface area contributed by atoms with Crippen LogP contribution >= 0.6 is 0 Å². The summed E-state index contributed by atoms with van der Waals surface area (Å²) in [6, 6.07) is 8.33. The smallest absolute Gasteiger partial charge is 0.228 e. The number of benzene rings is 1. The molecule has 0 aliphatic rings. The molecule has 3 aromatic rings. The summed E-state index contributed by atoms with van der Waals surface area (Å²) in [5.74, 6) is 2.06. The summed E-state index contributed by atoms with van der Waals surface area (Å²) in [6.07, 6.45) is 3.66. The molecule has 0 radical (unpaired) electrons. The molecule has 24 heavy (non-hydrogen) atoms. The van der Waals surface area contributed by atoms with E-state index >= 15 is 0 Å². The molecule has 0 bridgehead atoms. The van der Waals surface area contributed by atoms with Gasteiger partial charge in [-0.05, 0) is 25.0 Å². The van der Waals surface area contributed by atoms with Gasteiger partial charge in [-0.15, -0.1) is 0 Å². The molecule has 0 fully saturated rings. The number of aromatic nitrogens is 3. The second-order valence-electron chi connectivity index (χ2n) is 5.52. The third kappa shape index (κ3) is 3.92. The fourth-order valence-corrected chi connectivity index (χ4v) is 2.60. The van der Waals surface area contributed by atoms with Crippen LogP contribution in [0, 0.1) is 6.92 Å². The average Bonchev–Trinajstić information content (AvgIpc) is 3.20. The SMILES string of the molecule is CN=C(NCCc1nc(C)no1)NCCc1c[nH]c2ccccc12. The molecule has 126 valence electrons. The van der Waals surface area contributed by atoms with Crippen LogP contribution in [0.3, 0.4) is 0 Å². The maximum Gasteiger partial charge on any atom is 0.228 e. The summed E-state index contributed by atoms with van der Waals surface area (Å²) in [5.41, 5.74) is 2.47. The molecule has 3 rings (SSSR count). The van der Waals surface area contributed by atoms with E-state index in [4.69, 9.17) is 4.52 Å². The highest BCUT2D eigenvalue weighted by Crippen LogP contribution is 2.17. The number of rotatable bonds is 6. The van der Waals surface area contributed by atoms with Gasteiger partial charge in [0.1, 0.15) is 0 Å². The molecule has 7 nitrogen and oxygen atoms in total. The quantitative estimate of drug-likeness (QED) is 0.475. The number of aromatic amines is 1. The molecule has 0 saturated carbocycles. The minimum Gasteiger partial charge on any atom is -0.361 e. The van der Waals surface area contributed by atoms with Crippen LogP contribution in [0.15, 0.2) is 40.0 Å². The Morgan fingerprint density at radius 2 is 2.00 bits per heavy atom. The Balaban J connectivity index is 1.44. The lowest BCUT2D eigenvalue weighted by Crippen LogP contribution is -2.39. The van der Waals surface area contributed by atoms with Crippen molar-refractivity contribution in [1.29, 1.82) is 0 Å². The van der Waals surface area contributed by atoms with E-state index in [-0.39, 0.29) is 0 Å². The van der Waals surface area contributed by atoms with E-state index in [1.54, 1.807) is 7.05 Å².